The third-order valence-corrected chi connectivity index (χ3v) is 4.04. The molecule has 0 bridgehead atoms. The number of hydrogen-bond acceptors (Lipinski definition) is 2. The van der Waals surface area contributed by atoms with E-state index in [1.807, 2.05) is 18.2 Å². The molecule has 2 rings (SSSR count). The van der Waals surface area contributed by atoms with Gasteiger partial charge in [-0.05, 0) is 50.9 Å². The molecule has 1 aliphatic heterocycles. The molecule has 0 saturated carbocycles. The lowest BCUT2D eigenvalue weighted by Gasteiger charge is -2.37. The standard InChI is InChI=1S/C13H19ClN2/c1-13(2)10(9-15)6-7-16(13)12-5-3-4-11(14)8-12/h3-5,8,10H,6-7,9,15H2,1-2H3. The van der Waals surface area contributed by atoms with Crippen molar-refractivity contribution in [2.24, 2.45) is 11.7 Å². The molecule has 3 heteroatoms. The van der Waals surface area contributed by atoms with Gasteiger partial charge in [-0.15, -0.1) is 0 Å². The van der Waals surface area contributed by atoms with E-state index in [-0.39, 0.29) is 5.54 Å². The van der Waals surface area contributed by atoms with Crippen LogP contribution in [-0.4, -0.2) is 18.6 Å². The predicted octanol–water partition coefficient (Wildman–Crippen LogP) is 2.90. The molecule has 0 spiro atoms. The minimum absolute atomic E-state index is 0.124. The summed E-state index contributed by atoms with van der Waals surface area (Å²) in [4.78, 5) is 2.41. The summed E-state index contributed by atoms with van der Waals surface area (Å²) >= 11 is 6.04. The van der Waals surface area contributed by atoms with Gasteiger partial charge in [0, 0.05) is 22.8 Å². The van der Waals surface area contributed by atoms with E-state index in [4.69, 9.17) is 17.3 Å². The van der Waals surface area contributed by atoms with Crippen molar-refractivity contribution < 1.29 is 0 Å². The van der Waals surface area contributed by atoms with Gasteiger partial charge in [-0.25, -0.2) is 0 Å². The third-order valence-electron chi connectivity index (χ3n) is 3.80. The summed E-state index contributed by atoms with van der Waals surface area (Å²) in [5.41, 5.74) is 7.15. The Balaban J connectivity index is 2.29. The van der Waals surface area contributed by atoms with E-state index >= 15 is 0 Å². The number of benzene rings is 1. The topological polar surface area (TPSA) is 29.3 Å². The summed E-state index contributed by atoms with van der Waals surface area (Å²) in [6.07, 6.45) is 1.16. The average molecular weight is 239 g/mol. The van der Waals surface area contributed by atoms with Crippen molar-refractivity contribution in [1.82, 2.24) is 0 Å². The lowest BCUT2D eigenvalue weighted by atomic mass is 9.88. The molecule has 0 aliphatic carbocycles. The smallest absolute Gasteiger partial charge is 0.0426 e. The van der Waals surface area contributed by atoms with Crippen LogP contribution in [0.5, 0.6) is 0 Å². The molecule has 1 saturated heterocycles. The molecule has 0 radical (unpaired) electrons. The summed E-state index contributed by atoms with van der Waals surface area (Å²) in [6, 6.07) is 8.06. The van der Waals surface area contributed by atoms with E-state index in [1.165, 1.54) is 5.69 Å². The fraction of sp³-hybridized carbons (Fsp3) is 0.538. The Morgan fingerprint density at radius 1 is 1.50 bits per heavy atom. The van der Waals surface area contributed by atoms with Gasteiger partial charge >= 0.3 is 0 Å². The van der Waals surface area contributed by atoms with E-state index in [2.05, 4.69) is 24.8 Å². The maximum Gasteiger partial charge on any atom is 0.0426 e. The zero-order chi connectivity index (χ0) is 11.8. The van der Waals surface area contributed by atoms with Crippen molar-refractivity contribution in [3.8, 4) is 0 Å². The van der Waals surface area contributed by atoms with E-state index in [0.717, 1.165) is 24.5 Å². The highest BCUT2D eigenvalue weighted by atomic mass is 35.5. The average Bonchev–Trinajstić information content (AvgIpc) is 2.53. The first-order chi connectivity index (χ1) is 7.55. The van der Waals surface area contributed by atoms with Crippen LogP contribution in [0.4, 0.5) is 5.69 Å². The van der Waals surface area contributed by atoms with Crippen LogP contribution < -0.4 is 10.6 Å². The second-order valence-electron chi connectivity index (χ2n) is 5.01. The third kappa shape index (κ3) is 1.92. The number of halogens is 1. The number of hydrogen-bond donors (Lipinski definition) is 1. The van der Waals surface area contributed by atoms with Gasteiger partial charge < -0.3 is 10.6 Å². The summed E-state index contributed by atoms with van der Waals surface area (Å²) in [5, 5.41) is 0.796. The van der Waals surface area contributed by atoms with Crippen molar-refractivity contribution >= 4 is 17.3 Å². The van der Waals surface area contributed by atoms with Crippen molar-refractivity contribution in [3.05, 3.63) is 29.3 Å². The Bertz CT molecular complexity index is 376. The lowest BCUT2D eigenvalue weighted by molar-refractivity contribution is 0.374. The molecule has 1 aromatic rings. The number of nitrogens with zero attached hydrogens (tertiary/aromatic N) is 1. The van der Waals surface area contributed by atoms with E-state index < -0.39 is 0 Å². The zero-order valence-corrected chi connectivity index (χ0v) is 10.7. The molecule has 1 atom stereocenters. The van der Waals surface area contributed by atoms with Crippen LogP contribution in [0.25, 0.3) is 0 Å². The highest BCUT2D eigenvalue weighted by Crippen LogP contribution is 2.38. The fourth-order valence-corrected chi connectivity index (χ4v) is 2.84. The maximum atomic E-state index is 6.04. The van der Waals surface area contributed by atoms with Gasteiger partial charge in [0.1, 0.15) is 0 Å². The van der Waals surface area contributed by atoms with Crippen molar-refractivity contribution in [2.75, 3.05) is 18.0 Å². The second kappa shape index (κ2) is 4.27. The molecular weight excluding hydrogens is 220 g/mol. The quantitative estimate of drug-likeness (QED) is 0.859. The molecule has 16 heavy (non-hydrogen) atoms. The minimum Gasteiger partial charge on any atom is -0.366 e. The Morgan fingerprint density at radius 2 is 2.25 bits per heavy atom. The molecule has 2 N–H and O–H groups in total. The maximum absolute atomic E-state index is 6.04. The first kappa shape index (κ1) is 11.7. The normalized spacial score (nSPS) is 23.8. The molecule has 1 fully saturated rings. The van der Waals surface area contributed by atoms with Crippen LogP contribution in [0, 0.1) is 5.92 Å². The van der Waals surface area contributed by atoms with Gasteiger partial charge in [-0.3, -0.25) is 0 Å². The van der Waals surface area contributed by atoms with Crippen LogP contribution in [-0.2, 0) is 0 Å². The summed E-state index contributed by atoms with van der Waals surface area (Å²) < 4.78 is 0. The molecule has 1 heterocycles. The van der Waals surface area contributed by atoms with E-state index in [9.17, 15) is 0 Å². The first-order valence-corrected chi connectivity index (χ1v) is 6.17. The first-order valence-electron chi connectivity index (χ1n) is 5.79. The number of nitrogens with two attached hydrogens (primary N) is 1. The number of rotatable bonds is 2. The zero-order valence-electron chi connectivity index (χ0n) is 9.91. The van der Waals surface area contributed by atoms with Crippen molar-refractivity contribution in [3.63, 3.8) is 0 Å². The highest BCUT2D eigenvalue weighted by Gasteiger charge is 2.40. The molecule has 1 aliphatic rings. The Labute approximate surface area is 102 Å². The molecule has 0 amide bonds. The van der Waals surface area contributed by atoms with E-state index in [0.29, 0.717) is 5.92 Å². The minimum atomic E-state index is 0.124. The molecule has 1 unspecified atom stereocenters. The van der Waals surface area contributed by atoms with Crippen LogP contribution in [0.15, 0.2) is 24.3 Å². The van der Waals surface area contributed by atoms with Crippen LogP contribution >= 0.6 is 11.6 Å². The molecule has 88 valence electrons. The SMILES string of the molecule is CC1(C)C(CN)CCN1c1cccc(Cl)c1. The van der Waals surface area contributed by atoms with Gasteiger partial charge in [0.05, 0.1) is 0 Å². The second-order valence-corrected chi connectivity index (χ2v) is 5.44. The van der Waals surface area contributed by atoms with Crippen LogP contribution in [0.2, 0.25) is 5.02 Å². The van der Waals surface area contributed by atoms with Crippen molar-refractivity contribution in [1.29, 1.82) is 0 Å². The Morgan fingerprint density at radius 3 is 2.81 bits per heavy atom. The van der Waals surface area contributed by atoms with Gasteiger partial charge in [0.2, 0.25) is 0 Å². The van der Waals surface area contributed by atoms with E-state index in [1.54, 1.807) is 0 Å². The number of anilines is 1. The van der Waals surface area contributed by atoms with Crippen LogP contribution in [0.1, 0.15) is 20.3 Å². The lowest BCUT2D eigenvalue weighted by Crippen LogP contribution is -2.44. The highest BCUT2D eigenvalue weighted by molar-refractivity contribution is 6.30. The summed E-state index contributed by atoms with van der Waals surface area (Å²) in [6.45, 7) is 6.34. The summed E-state index contributed by atoms with van der Waals surface area (Å²) in [5.74, 6) is 0.562. The summed E-state index contributed by atoms with van der Waals surface area (Å²) in [7, 11) is 0. The largest absolute Gasteiger partial charge is 0.366 e. The Hall–Kier alpha value is -0.730. The van der Waals surface area contributed by atoms with Gasteiger partial charge in [-0.2, -0.15) is 0 Å². The van der Waals surface area contributed by atoms with Gasteiger partial charge in [0.25, 0.3) is 0 Å². The predicted molar refractivity (Wildman–Crippen MR) is 70.0 cm³/mol. The Kier molecular flexibility index (Phi) is 3.13. The monoisotopic (exact) mass is 238 g/mol. The van der Waals surface area contributed by atoms with Crippen molar-refractivity contribution in [2.45, 2.75) is 25.8 Å². The molecular formula is C13H19ClN2. The van der Waals surface area contributed by atoms with Crippen LogP contribution in [0.3, 0.4) is 0 Å². The molecule has 2 nitrogen and oxygen atoms in total. The molecule has 1 aromatic carbocycles. The van der Waals surface area contributed by atoms with Gasteiger partial charge in [0.15, 0.2) is 0 Å². The molecule has 0 aromatic heterocycles. The fourth-order valence-electron chi connectivity index (χ4n) is 2.66. The van der Waals surface area contributed by atoms with Gasteiger partial charge in [-0.1, -0.05) is 17.7 Å².